The maximum absolute atomic E-state index is 13.4. The van der Waals surface area contributed by atoms with Crippen LogP contribution in [0.1, 0.15) is 46.2 Å². The first-order valence-corrected chi connectivity index (χ1v) is 11.3. The lowest BCUT2D eigenvalue weighted by Crippen LogP contribution is -2.50. The van der Waals surface area contributed by atoms with Gasteiger partial charge in [-0.1, -0.05) is 49.2 Å². The van der Waals surface area contributed by atoms with Gasteiger partial charge in [0.25, 0.3) is 11.8 Å². The first-order chi connectivity index (χ1) is 15.3. The zero-order valence-corrected chi connectivity index (χ0v) is 19.5. The van der Waals surface area contributed by atoms with Crippen molar-refractivity contribution in [3.63, 3.8) is 0 Å². The Morgan fingerprint density at radius 3 is 2.06 bits per heavy atom. The number of carbonyl (C=O) groups excluding carboxylic acids is 2. The lowest BCUT2D eigenvalue weighted by molar-refractivity contribution is 0.0534. The Hall–Kier alpha value is -2.83. The molecule has 1 fully saturated rings. The SMILES string of the molecule is CC(C)c1c(C(=O)N2CCN(C(=O)c3cccc(Cl)c3)CC2)cnn1-c1cccc(Cl)c1. The Labute approximate surface area is 197 Å². The fourth-order valence-electron chi connectivity index (χ4n) is 3.98. The summed E-state index contributed by atoms with van der Waals surface area (Å²) in [6.07, 6.45) is 1.63. The summed E-state index contributed by atoms with van der Waals surface area (Å²) in [5, 5.41) is 5.63. The third-order valence-electron chi connectivity index (χ3n) is 5.56. The average Bonchev–Trinajstić information content (AvgIpc) is 3.24. The van der Waals surface area contributed by atoms with Crippen molar-refractivity contribution in [1.29, 1.82) is 0 Å². The molecule has 3 aromatic rings. The molecule has 2 aromatic carbocycles. The van der Waals surface area contributed by atoms with E-state index in [0.717, 1.165) is 11.4 Å². The molecule has 1 aliphatic rings. The van der Waals surface area contributed by atoms with Gasteiger partial charge in [-0.2, -0.15) is 5.10 Å². The van der Waals surface area contributed by atoms with Crippen molar-refractivity contribution in [2.45, 2.75) is 19.8 Å². The van der Waals surface area contributed by atoms with E-state index in [1.54, 1.807) is 51.0 Å². The van der Waals surface area contributed by atoms with Crippen LogP contribution in [0.2, 0.25) is 10.0 Å². The molecule has 1 aliphatic heterocycles. The molecule has 32 heavy (non-hydrogen) atoms. The highest BCUT2D eigenvalue weighted by atomic mass is 35.5. The molecule has 0 atom stereocenters. The summed E-state index contributed by atoms with van der Waals surface area (Å²) >= 11 is 12.2. The number of nitrogens with zero attached hydrogens (tertiary/aromatic N) is 4. The van der Waals surface area contributed by atoms with E-state index in [-0.39, 0.29) is 17.7 Å². The Balaban J connectivity index is 1.50. The van der Waals surface area contributed by atoms with Crippen LogP contribution >= 0.6 is 23.2 Å². The monoisotopic (exact) mass is 470 g/mol. The molecular formula is C24H24Cl2N4O2. The highest BCUT2D eigenvalue weighted by molar-refractivity contribution is 6.31. The van der Waals surface area contributed by atoms with Gasteiger partial charge in [0.15, 0.2) is 0 Å². The predicted molar refractivity (Wildman–Crippen MR) is 126 cm³/mol. The van der Waals surface area contributed by atoms with E-state index < -0.39 is 0 Å². The quantitative estimate of drug-likeness (QED) is 0.544. The maximum atomic E-state index is 13.4. The smallest absolute Gasteiger partial charge is 0.257 e. The number of benzene rings is 2. The molecule has 6 nitrogen and oxygen atoms in total. The van der Waals surface area contributed by atoms with Crippen molar-refractivity contribution in [3.05, 3.63) is 81.6 Å². The van der Waals surface area contributed by atoms with Crippen LogP contribution in [-0.2, 0) is 0 Å². The van der Waals surface area contributed by atoms with Crippen LogP contribution in [0.3, 0.4) is 0 Å². The minimum Gasteiger partial charge on any atom is -0.335 e. The number of aromatic nitrogens is 2. The zero-order valence-electron chi connectivity index (χ0n) is 18.0. The van der Waals surface area contributed by atoms with E-state index in [1.807, 2.05) is 32.0 Å². The van der Waals surface area contributed by atoms with E-state index in [9.17, 15) is 9.59 Å². The first-order valence-electron chi connectivity index (χ1n) is 10.5. The third kappa shape index (κ3) is 4.52. The fraction of sp³-hybridized carbons (Fsp3) is 0.292. The minimum absolute atomic E-state index is 0.0724. The Morgan fingerprint density at radius 1 is 0.875 bits per heavy atom. The van der Waals surface area contributed by atoms with Crippen molar-refractivity contribution < 1.29 is 9.59 Å². The van der Waals surface area contributed by atoms with E-state index >= 15 is 0 Å². The van der Waals surface area contributed by atoms with Crippen LogP contribution < -0.4 is 0 Å². The first kappa shape index (κ1) is 22.4. The van der Waals surface area contributed by atoms with Gasteiger partial charge in [0, 0.05) is 41.8 Å². The van der Waals surface area contributed by atoms with E-state index in [2.05, 4.69) is 5.10 Å². The second-order valence-electron chi connectivity index (χ2n) is 8.08. The molecule has 2 heterocycles. The molecule has 0 radical (unpaired) electrons. The van der Waals surface area contributed by atoms with Crippen LogP contribution in [0.15, 0.2) is 54.7 Å². The summed E-state index contributed by atoms with van der Waals surface area (Å²) in [6.45, 7) is 5.94. The van der Waals surface area contributed by atoms with Gasteiger partial charge in [0.1, 0.15) is 0 Å². The fourth-order valence-corrected chi connectivity index (χ4v) is 4.35. The van der Waals surface area contributed by atoms with E-state index in [4.69, 9.17) is 23.2 Å². The summed E-state index contributed by atoms with van der Waals surface area (Å²) in [5.74, 6) is -0.0609. The molecule has 166 valence electrons. The summed E-state index contributed by atoms with van der Waals surface area (Å²) in [5.41, 5.74) is 2.80. The summed E-state index contributed by atoms with van der Waals surface area (Å²) in [7, 11) is 0. The van der Waals surface area contributed by atoms with Crippen LogP contribution in [0.5, 0.6) is 0 Å². The number of hydrogen-bond donors (Lipinski definition) is 0. The van der Waals surface area contributed by atoms with Gasteiger partial charge in [0.05, 0.1) is 23.1 Å². The van der Waals surface area contributed by atoms with Gasteiger partial charge in [-0.3, -0.25) is 9.59 Å². The Morgan fingerprint density at radius 2 is 1.47 bits per heavy atom. The van der Waals surface area contributed by atoms with Crippen LogP contribution in [0, 0.1) is 0 Å². The molecule has 1 saturated heterocycles. The van der Waals surface area contributed by atoms with Gasteiger partial charge >= 0.3 is 0 Å². The van der Waals surface area contributed by atoms with Gasteiger partial charge in [0.2, 0.25) is 0 Å². The minimum atomic E-state index is -0.0729. The maximum Gasteiger partial charge on any atom is 0.257 e. The molecule has 0 aliphatic carbocycles. The molecule has 0 saturated carbocycles. The van der Waals surface area contributed by atoms with Crippen LogP contribution in [0.4, 0.5) is 0 Å². The van der Waals surface area contributed by atoms with Gasteiger partial charge in [-0.05, 0) is 42.3 Å². The molecule has 0 bridgehead atoms. The lowest BCUT2D eigenvalue weighted by atomic mass is 10.0. The lowest BCUT2D eigenvalue weighted by Gasteiger charge is -2.35. The molecule has 2 amide bonds. The van der Waals surface area contributed by atoms with E-state index in [0.29, 0.717) is 47.4 Å². The number of amides is 2. The molecule has 8 heteroatoms. The standard InChI is InChI=1S/C24H24Cl2N4O2/c1-16(2)22-21(15-27-30(22)20-8-4-7-19(26)14-20)24(32)29-11-9-28(10-12-29)23(31)17-5-3-6-18(25)13-17/h3-8,13-16H,9-12H2,1-2H3. The molecule has 0 unspecified atom stereocenters. The highest BCUT2D eigenvalue weighted by Crippen LogP contribution is 2.26. The van der Waals surface area contributed by atoms with Crippen molar-refractivity contribution >= 4 is 35.0 Å². The molecule has 1 aromatic heterocycles. The van der Waals surface area contributed by atoms with Gasteiger partial charge < -0.3 is 9.80 Å². The average molecular weight is 471 g/mol. The van der Waals surface area contributed by atoms with Crippen molar-refractivity contribution in [2.24, 2.45) is 0 Å². The number of halogens is 2. The number of carbonyl (C=O) groups is 2. The van der Waals surface area contributed by atoms with Gasteiger partial charge in [-0.15, -0.1) is 0 Å². The van der Waals surface area contributed by atoms with E-state index in [1.165, 1.54) is 0 Å². The highest BCUT2D eigenvalue weighted by Gasteiger charge is 2.29. The summed E-state index contributed by atoms with van der Waals surface area (Å²) in [6, 6.07) is 14.3. The van der Waals surface area contributed by atoms with Crippen LogP contribution in [-0.4, -0.2) is 57.6 Å². The second-order valence-corrected chi connectivity index (χ2v) is 8.96. The van der Waals surface area contributed by atoms with Crippen LogP contribution in [0.25, 0.3) is 5.69 Å². The summed E-state index contributed by atoms with van der Waals surface area (Å²) < 4.78 is 1.78. The molecule has 0 N–H and O–H groups in total. The van der Waals surface area contributed by atoms with Crippen molar-refractivity contribution in [2.75, 3.05) is 26.2 Å². The Bertz CT molecular complexity index is 1150. The number of rotatable bonds is 4. The topological polar surface area (TPSA) is 58.4 Å². The normalized spacial score (nSPS) is 14.2. The summed E-state index contributed by atoms with van der Waals surface area (Å²) in [4.78, 5) is 29.7. The van der Waals surface area contributed by atoms with Gasteiger partial charge in [-0.25, -0.2) is 4.68 Å². The molecule has 0 spiro atoms. The third-order valence-corrected chi connectivity index (χ3v) is 6.03. The second kappa shape index (κ2) is 9.35. The Kier molecular flexibility index (Phi) is 6.53. The molecule has 4 rings (SSSR count). The van der Waals surface area contributed by atoms with Crippen molar-refractivity contribution in [1.82, 2.24) is 19.6 Å². The predicted octanol–water partition coefficient (Wildman–Crippen LogP) is 4.90. The zero-order chi connectivity index (χ0) is 22.8. The van der Waals surface area contributed by atoms with Crippen molar-refractivity contribution in [3.8, 4) is 5.69 Å². The molecular weight excluding hydrogens is 447 g/mol. The largest absolute Gasteiger partial charge is 0.335 e. The number of hydrogen-bond acceptors (Lipinski definition) is 3. The number of piperazine rings is 1.